The maximum atomic E-state index is 12.5. The van der Waals surface area contributed by atoms with Gasteiger partial charge < -0.3 is 25.1 Å². The number of hydrogen-bond donors (Lipinski definition) is 2. The Balaban J connectivity index is 1.32. The lowest BCUT2D eigenvalue weighted by atomic mass is 10.0. The van der Waals surface area contributed by atoms with Gasteiger partial charge in [-0.3, -0.25) is 9.78 Å². The van der Waals surface area contributed by atoms with Crippen molar-refractivity contribution in [3.05, 3.63) is 125 Å². The third kappa shape index (κ3) is 6.38. The highest BCUT2D eigenvalue weighted by molar-refractivity contribution is 7.99. The molecule has 5 rings (SSSR count). The van der Waals surface area contributed by atoms with Gasteiger partial charge in [0.1, 0.15) is 0 Å². The first-order chi connectivity index (χ1) is 18.6. The van der Waals surface area contributed by atoms with Crippen LogP contribution in [0.5, 0.6) is 0 Å². The second kappa shape index (κ2) is 12.2. The summed E-state index contributed by atoms with van der Waals surface area (Å²) in [6.07, 6.45) is 4.20. The molecule has 38 heavy (non-hydrogen) atoms. The maximum Gasteiger partial charge on any atom is 0.257 e. The predicted octanol–water partition coefficient (Wildman–Crippen LogP) is 4.80. The second-order valence-corrected chi connectivity index (χ2v) is 9.88. The Morgan fingerprint density at radius 2 is 1.82 bits per heavy atom. The van der Waals surface area contributed by atoms with E-state index in [1.54, 1.807) is 30.5 Å². The van der Waals surface area contributed by atoms with Gasteiger partial charge in [0, 0.05) is 48.0 Å². The van der Waals surface area contributed by atoms with E-state index in [0.717, 1.165) is 21.4 Å². The van der Waals surface area contributed by atoms with Gasteiger partial charge in [-0.1, -0.05) is 48.2 Å². The van der Waals surface area contributed by atoms with Gasteiger partial charge in [-0.25, -0.2) is 0 Å². The molecule has 0 unspecified atom stereocenters. The molecule has 194 valence electrons. The average molecular weight is 530 g/mol. The molecule has 0 radical (unpaired) electrons. The SMILES string of the molecule is O=C(Nc1ccc([C@H]2O[C@@H](CSc3cccc[n+]3[O-])C[C@@H](c3ccc(CO)cc3)O2)cc1)c1cccnc1. The molecule has 3 atom stereocenters. The largest absolute Gasteiger partial charge is 0.618 e. The summed E-state index contributed by atoms with van der Waals surface area (Å²) in [7, 11) is 0. The van der Waals surface area contributed by atoms with Crippen molar-refractivity contribution in [2.45, 2.75) is 36.6 Å². The molecule has 1 fully saturated rings. The highest BCUT2D eigenvalue weighted by atomic mass is 32.2. The van der Waals surface area contributed by atoms with Crippen LogP contribution in [0.25, 0.3) is 0 Å². The molecule has 0 aliphatic carbocycles. The molecular weight excluding hydrogens is 502 g/mol. The lowest BCUT2D eigenvalue weighted by molar-refractivity contribution is -0.645. The summed E-state index contributed by atoms with van der Waals surface area (Å²) < 4.78 is 13.6. The van der Waals surface area contributed by atoms with Crippen LogP contribution in [0, 0.1) is 5.21 Å². The number of aliphatic hydroxyl groups is 1. The summed E-state index contributed by atoms with van der Waals surface area (Å²) in [5.74, 6) is 0.340. The number of anilines is 1. The molecule has 3 heterocycles. The molecule has 1 saturated heterocycles. The van der Waals surface area contributed by atoms with E-state index in [0.29, 0.717) is 28.5 Å². The summed E-state index contributed by atoms with van der Waals surface area (Å²) in [5, 5.41) is 25.0. The van der Waals surface area contributed by atoms with Crippen molar-refractivity contribution in [3.8, 4) is 0 Å². The quantitative estimate of drug-likeness (QED) is 0.192. The minimum absolute atomic E-state index is 0.0211. The molecule has 1 aliphatic rings. The van der Waals surface area contributed by atoms with Crippen molar-refractivity contribution in [3.63, 3.8) is 0 Å². The summed E-state index contributed by atoms with van der Waals surface area (Å²) in [5.41, 5.74) is 3.76. The summed E-state index contributed by atoms with van der Waals surface area (Å²) in [6.45, 7) is -0.0211. The molecule has 2 aromatic carbocycles. The topological polar surface area (TPSA) is 108 Å². The lowest BCUT2D eigenvalue weighted by Crippen LogP contribution is -2.32. The Morgan fingerprint density at radius 1 is 1.03 bits per heavy atom. The molecule has 0 saturated carbocycles. The Morgan fingerprint density at radius 3 is 2.53 bits per heavy atom. The van der Waals surface area contributed by atoms with Crippen LogP contribution in [0.2, 0.25) is 0 Å². The van der Waals surface area contributed by atoms with Gasteiger partial charge in [0.25, 0.3) is 10.9 Å². The van der Waals surface area contributed by atoms with Crippen LogP contribution >= 0.6 is 11.8 Å². The van der Waals surface area contributed by atoms with E-state index < -0.39 is 6.29 Å². The first-order valence-corrected chi connectivity index (χ1v) is 13.2. The molecule has 1 amide bonds. The number of nitrogens with zero attached hydrogens (tertiary/aromatic N) is 2. The van der Waals surface area contributed by atoms with Crippen molar-refractivity contribution >= 4 is 23.4 Å². The van der Waals surface area contributed by atoms with Gasteiger partial charge >= 0.3 is 0 Å². The van der Waals surface area contributed by atoms with Gasteiger partial charge in [-0.15, -0.1) is 0 Å². The van der Waals surface area contributed by atoms with E-state index in [-0.39, 0.29) is 24.7 Å². The number of aliphatic hydroxyl groups excluding tert-OH is 1. The Labute approximate surface area is 224 Å². The van der Waals surface area contributed by atoms with Crippen molar-refractivity contribution < 1.29 is 24.1 Å². The number of pyridine rings is 2. The van der Waals surface area contributed by atoms with E-state index in [1.807, 2.05) is 54.6 Å². The third-order valence-corrected chi connectivity index (χ3v) is 7.34. The summed E-state index contributed by atoms with van der Waals surface area (Å²) in [4.78, 5) is 16.4. The second-order valence-electron chi connectivity index (χ2n) is 8.84. The van der Waals surface area contributed by atoms with Crippen molar-refractivity contribution in [1.82, 2.24) is 4.98 Å². The monoisotopic (exact) mass is 529 g/mol. The molecule has 2 N–H and O–H groups in total. The first kappa shape index (κ1) is 25.9. The zero-order valence-electron chi connectivity index (χ0n) is 20.5. The van der Waals surface area contributed by atoms with Crippen molar-refractivity contribution in [2.24, 2.45) is 0 Å². The highest BCUT2D eigenvalue weighted by Gasteiger charge is 2.32. The van der Waals surface area contributed by atoms with Crippen LogP contribution < -0.4 is 10.0 Å². The van der Waals surface area contributed by atoms with E-state index >= 15 is 0 Å². The fourth-order valence-electron chi connectivity index (χ4n) is 4.15. The molecule has 4 aromatic rings. The van der Waals surface area contributed by atoms with Crippen LogP contribution in [0.3, 0.4) is 0 Å². The molecular formula is C29H27N3O5S. The number of nitrogens with one attached hydrogen (secondary N) is 1. The van der Waals surface area contributed by atoms with E-state index in [1.165, 1.54) is 24.2 Å². The Kier molecular flexibility index (Phi) is 8.30. The number of benzene rings is 2. The standard InChI is InChI=1S/C29H27N3O5S/c33-18-20-6-8-21(9-7-20)26-16-25(19-38-27-5-1-2-15-32(27)35)36-29(37-26)22-10-12-24(13-11-22)31-28(34)23-4-3-14-30-17-23/h1-15,17,25-26,29,33H,16,18-19H2,(H,31,34)/t25-,26+,29+/m1/s1. The smallest absolute Gasteiger partial charge is 0.257 e. The van der Waals surface area contributed by atoms with Crippen LogP contribution in [0.4, 0.5) is 5.69 Å². The number of carbonyl (C=O) groups excluding carboxylic acids is 1. The van der Waals surface area contributed by atoms with E-state index in [9.17, 15) is 15.1 Å². The van der Waals surface area contributed by atoms with Crippen molar-refractivity contribution in [1.29, 1.82) is 0 Å². The summed E-state index contributed by atoms with van der Waals surface area (Å²) in [6, 6.07) is 23.8. The van der Waals surface area contributed by atoms with Crippen LogP contribution in [0.15, 0.2) is 102 Å². The average Bonchev–Trinajstić information content (AvgIpc) is 2.97. The highest BCUT2D eigenvalue weighted by Crippen LogP contribution is 2.39. The molecule has 1 aliphatic heterocycles. The third-order valence-electron chi connectivity index (χ3n) is 6.19. The van der Waals surface area contributed by atoms with Gasteiger partial charge in [0.15, 0.2) is 12.5 Å². The number of amides is 1. The van der Waals surface area contributed by atoms with Crippen LogP contribution in [0.1, 0.15) is 45.9 Å². The van der Waals surface area contributed by atoms with Crippen LogP contribution in [-0.4, -0.2) is 27.9 Å². The van der Waals surface area contributed by atoms with Gasteiger partial charge in [0.2, 0.25) is 0 Å². The van der Waals surface area contributed by atoms with Gasteiger partial charge in [-0.2, -0.15) is 4.73 Å². The minimum atomic E-state index is -0.630. The number of carbonyl (C=O) groups is 1. The van der Waals surface area contributed by atoms with Gasteiger partial charge in [0.05, 0.1) is 24.4 Å². The fourth-order valence-corrected chi connectivity index (χ4v) is 5.08. The number of thioether (sulfide) groups is 1. The fraction of sp³-hybridized carbons (Fsp3) is 0.207. The molecule has 2 aromatic heterocycles. The molecule has 0 bridgehead atoms. The van der Waals surface area contributed by atoms with Gasteiger partial charge in [-0.05, 0) is 41.5 Å². The lowest BCUT2D eigenvalue weighted by Gasteiger charge is -2.36. The Bertz CT molecular complexity index is 1350. The summed E-state index contributed by atoms with van der Waals surface area (Å²) >= 11 is 1.45. The van der Waals surface area contributed by atoms with E-state index in [2.05, 4.69) is 10.3 Å². The normalized spacial score (nSPS) is 19.1. The number of aromatic nitrogens is 2. The number of hydrogen-bond acceptors (Lipinski definition) is 7. The minimum Gasteiger partial charge on any atom is -0.618 e. The Hall–Kier alpha value is -3.76. The number of rotatable bonds is 8. The van der Waals surface area contributed by atoms with Crippen molar-refractivity contribution in [2.75, 3.05) is 11.1 Å². The zero-order chi connectivity index (χ0) is 26.3. The predicted molar refractivity (Wildman–Crippen MR) is 143 cm³/mol. The first-order valence-electron chi connectivity index (χ1n) is 12.2. The molecule has 8 nitrogen and oxygen atoms in total. The maximum absolute atomic E-state index is 12.5. The number of ether oxygens (including phenoxy) is 2. The zero-order valence-corrected chi connectivity index (χ0v) is 21.3. The molecule has 0 spiro atoms. The van der Waals surface area contributed by atoms with Crippen LogP contribution in [-0.2, 0) is 16.1 Å². The molecule has 9 heteroatoms. The van der Waals surface area contributed by atoms with E-state index in [4.69, 9.17) is 9.47 Å².